The molecular weight excluding hydrogens is 330 g/mol. The Hall–Kier alpha value is -3.15. The van der Waals surface area contributed by atoms with Crippen molar-refractivity contribution in [3.63, 3.8) is 0 Å². The van der Waals surface area contributed by atoms with Gasteiger partial charge in [0.15, 0.2) is 0 Å². The van der Waals surface area contributed by atoms with Crippen molar-refractivity contribution in [2.24, 2.45) is 0 Å². The van der Waals surface area contributed by atoms with Crippen LogP contribution in [-0.4, -0.2) is 41.9 Å². The average Bonchev–Trinajstić information content (AvgIpc) is 2.66. The Morgan fingerprint density at radius 3 is 2.46 bits per heavy atom. The lowest BCUT2D eigenvalue weighted by Crippen LogP contribution is -2.44. The van der Waals surface area contributed by atoms with Gasteiger partial charge in [-0.3, -0.25) is 14.6 Å². The van der Waals surface area contributed by atoms with Gasteiger partial charge in [0.25, 0.3) is 0 Å². The van der Waals surface area contributed by atoms with E-state index >= 15 is 0 Å². The maximum absolute atomic E-state index is 12.4. The zero-order valence-corrected chi connectivity index (χ0v) is 15.2. The minimum atomic E-state index is -0.616. The molecule has 0 saturated carbocycles. The van der Waals surface area contributed by atoms with Crippen LogP contribution in [0.2, 0.25) is 0 Å². The lowest BCUT2D eigenvalue weighted by Gasteiger charge is -2.21. The molecule has 0 aliphatic heterocycles. The molecule has 2 amide bonds. The summed E-state index contributed by atoms with van der Waals surface area (Å²) in [4.78, 5) is 29.9. The van der Waals surface area contributed by atoms with Gasteiger partial charge in [-0.2, -0.15) is 0 Å². The quantitative estimate of drug-likeness (QED) is 0.775. The molecule has 6 nitrogen and oxygen atoms in total. The molecule has 1 unspecified atom stereocenters. The number of benzene rings is 1. The van der Waals surface area contributed by atoms with Gasteiger partial charge in [0.1, 0.15) is 11.8 Å². The fourth-order valence-electron chi connectivity index (χ4n) is 2.38. The van der Waals surface area contributed by atoms with Gasteiger partial charge >= 0.3 is 0 Å². The van der Waals surface area contributed by atoms with Crippen LogP contribution in [-0.2, 0) is 16.1 Å². The molecule has 1 aromatic heterocycles. The topological polar surface area (TPSA) is 71.5 Å². The summed E-state index contributed by atoms with van der Waals surface area (Å²) in [6.07, 6.45) is 6.47. The first kappa shape index (κ1) is 19.2. The number of hydrogen-bond donors (Lipinski definition) is 1. The summed E-state index contributed by atoms with van der Waals surface area (Å²) in [6, 6.07) is 10.4. The van der Waals surface area contributed by atoms with Crippen molar-refractivity contribution in [3.05, 3.63) is 66.0 Å². The molecule has 1 N–H and O–H groups in total. The van der Waals surface area contributed by atoms with Gasteiger partial charge in [-0.15, -0.1) is 0 Å². The standard InChI is InChI=1S/C20H23N3O3/c1-15(20(25)23(2)14-17-10-12-21-13-11-17)22-19(24)9-6-16-4-7-18(26-3)8-5-16/h4-13,15H,14H2,1-3H3,(H,22,24). The zero-order chi connectivity index (χ0) is 18.9. The summed E-state index contributed by atoms with van der Waals surface area (Å²) >= 11 is 0. The SMILES string of the molecule is COc1ccc(C=CC(=O)NC(C)C(=O)N(C)Cc2ccncc2)cc1. The second kappa shape index (κ2) is 9.36. The highest BCUT2D eigenvalue weighted by molar-refractivity contribution is 5.95. The van der Waals surface area contributed by atoms with Crippen molar-refractivity contribution in [2.75, 3.05) is 14.2 Å². The maximum Gasteiger partial charge on any atom is 0.244 e. The zero-order valence-electron chi connectivity index (χ0n) is 15.2. The Morgan fingerprint density at radius 2 is 1.85 bits per heavy atom. The molecule has 136 valence electrons. The van der Waals surface area contributed by atoms with Gasteiger partial charge in [-0.25, -0.2) is 0 Å². The first-order valence-electron chi connectivity index (χ1n) is 8.26. The largest absolute Gasteiger partial charge is 0.497 e. The van der Waals surface area contributed by atoms with Crippen LogP contribution in [0.5, 0.6) is 5.75 Å². The first-order chi connectivity index (χ1) is 12.5. The van der Waals surface area contributed by atoms with Gasteiger partial charge in [-0.05, 0) is 48.4 Å². The van der Waals surface area contributed by atoms with E-state index in [0.29, 0.717) is 6.54 Å². The van der Waals surface area contributed by atoms with Crippen molar-refractivity contribution in [3.8, 4) is 5.75 Å². The highest BCUT2D eigenvalue weighted by Crippen LogP contribution is 2.12. The number of hydrogen-bond acceptors (Lipinski definition) is 4. The third-order valence-corrected chi connectivity index (χ3v) is 3.82. The smallest absolute Gasteiger partial charge is 0.244 e. The van der Waals surface area contributed by atoms with Crippen molar-refractivity contribution in [2.45, 2.75) is 19.5 Å². The molecule has 1 atom stereocenters. The predicted molar refractivity (Wildman–Crippen MR) is 100 cm³/mol. The van der Waals surface area contributed by atoms with E-state index in [9.17, 15) is 9.59 Å². The molecular formula is C20H23N3O3. The molecule has 0 fully saturated rings. The fourth-order valence-corrected chi connectivity index (χ4v) is 2.38. The van der Waals surface area contributed by atoms with Crippen molar-refractivity contribution in [1.82, 2.24) is 15.2 Å². The molecule has 0 radical (unpaired) electrons. The van der Waals surface area contributed by atoms with Gasteiger partial charge in [0.2, 0.25) is 11.8 Å². The van der Waals surface area contributed by atoms with Crippen LogP contribution >= 0.6 is 0 Å². The summed E-state index contributed by atoms with van der Waals surface area (Å²) in [6.45, 7) is 2.13. The van der Waals surface area contributed by atoms with Crippen LogP contribution in [0.15, 0.2) is 54.9 Å². The number of aromatic nitrogens is 1. The van der Waals surface area contributed by atoms with Gasteiger partial charge in [-0.1, -0.05) is 12.1 Å². The summed E-state index contributed by atoms with van der Waals surface area (Å²) in [7, 11) is 3.31. The van der Waals surface area contributed by atoms with Crippen LogP contribution in [0.1, 0.15) is 18.1 Å². The summed E-state index contributed by atoms with van der Waals surface area (Å²) in [5.41, 5.74) is 1.85. The van der Waals surface area contributed by atoms with Crippen LogP contribution in [0.3, 0.4) is 0 Å². The Balaban J connectivity index is 1.86. The van der Waals surface area contributed by atoms with E-state index in [0.717, 1.165) is 16.9 Å². The van der Waals surface area contributed by atoms with E-state index in [4.69, 9.17) is 4.74 Å². The molecule has 0 bridgehead atoms. The number of ether oxygens (including phenoxy) is 1. The van der Waals surface area contributed by atoms with E-state index in [1.807, 2.05) is 36.4 Å². The van der Waals surface area contributed by atoms with Crippen LogP contribution in [0.25, 0.3) is 6.08 Å². The Kier molecular flexibility index (Phi) is 6.91. The number of amides is 2. The lowest BCUT2D eigenvalue weighted by molar-refractivity contribution is -0.134. The summed E-state index contributed by atoms with van der Waals surface area (Å²) in [5.74, 6) is 0.273. The number of likely N-dealkylation sites (N-methyl/N-ethyl adjacent to an activating group) is 1. The third kappa shape index (κ3) is 5.73. The molecule has 0 spiro atoms. The minimum absolute atomic E-state index is 0.159. The highest BCUT2D eigenvalue weighted by atomic mass is 16.5. The fraction of sp³-hybridized carbons (Fsp3) is 0.250. The third-order valence-electron chi connectivity index (χ3n) is 3.82. The first-order valence-corrected chi connectivity index (χ1v) is 8.26. The number of carbonyl (C=O) groups is 2. The minimum Gasteiger partial charge on any atom is -0.497 e. The van der Waals surface area contributed by atoms with Gasteiger partial charge in [0, 0.05) is 32.1 Å². The lowest BCUT2D eigenvalue weighted by atomic mass is 10.2. The number of nitrogens with one attached hydrogen (secondary N) is 1. The maximum atomic E-state index is 12.4. The average molecular weight is 353 g/mol. The molecule has 0 saturated heterocycles. The Labute approximate surface area is 153 Å². The summed E-state index contributed by atoms with van der Waals surface area (Å²) in [5, 5.41) is 2.69. The molecule has 2 aromatic rings. The molecule has 1 aromatic carbocycles. The number of rotatable bonds is 7. The number of nitrogens with zero attached hydrogens (tertiary/aromatic N) is 2. The van der Waals surface area contributed by atoms with E-state index in [1.54, 1.807) is 44.5 Å². The van der Waals surface area contributed by atoms with E-state index < -0.39 is 6.04 Å². The molecule has 0 aliphatic rings. The van der Waals surface area contributed by atoms with Gasteiger partial charge in [0.05, 0.1) is 7.11 Å². The number of carbonyl (C=O) groups excluding carboxylic acids is 2. The molecule has 6 heteroatoms. The van der Waals surface area contributed by atoms with Crippen LogP contribution in [0.4, 0.5) is 0 Å². The second-order valence-corrected chi connectivity index (χ2v) is 5.89. The number of methoxy groups -OCH3 is 1. The van der Waals surface area contributed by atoms with Gasteiger partial charge < -0.3 is 15.0 Å². The predicted octanol–water partition coefficient (Wildman–Crippen LogP) is 2.27. The Bertz CT molecular complexity index is 758. The van der Waals surface area contributed by atoms with Crippen molar-refractivity contribution >= 4 is 17.9 Å². The van der Waals surface area contributed by atoms with E-state index in [2.05, 4.69) is 10.3 Å². The molecule has 0 aliphatic carbocycles. The highest BCUT2D eigenvalue weighted by Gasteiger charge is 2.18. The monoisotopic (exact) mass is 353 g/mol. The van der Waals surface area contributed by atoms with Crippen LogP contribution < -0.4 is 10.1 Å². The van der Waals surface area contributed by atoms with Crippen molar-refractivity contribution < 1.29 is 14.3 Å². The number of pyridine rings is 1. The van der Waals surface area contributed by atoms with E-state index in [1.165, 1.54) is 6.08 Å². The molecule has 2 rings (SSSR count). The second-order valence-electron chi connectivity index (χ2n) is 5.89. The van der Waals surface area contributed by atoms with E-state index in [-0.39, 0.29) is 11.8 Å². The van der Waals surface area contributed by atoms with Crippen molar-refractivity contribution in [1.29, 1.82) is 0 Å². The Morgan fingerprint density at radius 1 is 1.19 bits per heavy atom. The molecule has 1 heterocycles. The molecule has 26 heavy (non-hydrogen) atoms. The van der Waals surface area contributed by atoms with Crippen LogP contribution in [0, 0.1) is 0 Å². The normalized spacial score (nSPS) is 11.8. The summed E-state index contributed by atoms with van der Waals surface area (Å²) < 4.78 is 5.09.